The van der Waals surface area contributed by atoms with E-state index in [1.165, 1.54) is 7.11 Å². The number of methoxy groups -OCH3 is 1. The maximum atomic E-state index is 11.8. The fraction of sp³-hybridized carbons (Fsp3) is 0.500. The van der Waals surface area contributed by atoms with Gasteiger partial charge in [0, 0.05) is 19.1 Å². The molecule has 102 valence electrons. The number of ether oxygens (including phenoxy) is 4. The molecule has 4 atom stereocenters. The highest BCUT2D eigenvalue weighted by atomic mass is 16.7. The largest absolute Gasteiger partial charge is 0.349 e. The molecule has 2 heterocycles. The van der Waals surface area contributed by atoms with Crippen molar-refractivity contribution in [3.63, 3.8) is 0 Å². The highest BCUT2D eigenvalue weighted by Gasteiger charge is 2.42. The zero-order valence-electron chi connectivity index (χ0n) is 10.7. The topological polar surface area (TPSA) is 54.0 Å². The summed E-state index contributed by atoms with van der Waals surface area (Å²) in [6.07, 6.45) is -1.43. The second kappa shape index (κ2) is 5.38. The van der Waals surface area contributed by atoms with E-state index in [0.717, 1.165) is 5.56 Å². The van der Waals surface area contributed by atoms with Gasteiger partial charge in [-0.1, -0.05) is 30.3 Å². The second-order valence-electron chi connectivity index (χ2n) is 4.66. The van der Waals surface area contributed by atoms with Gasteiger partial charge in [0.05, 0.1) is 12.7 Å². The molecule has 0 amide bonds. The van der Waals surface area contributed by atoms with Gasteiger partial charge in [-0.3, -0.25) is 4.79 Å². The monoisotopic (exact) mass is 264 g/mol. The van der Waals surface area contributed by atoms with Gasteiger partial charge >= 0.3 is 0 Å². The van der Waals surface area contributed by atoms with Crippen molar-refractivity contribution in [2.45, 2.75) is 31.2 Å². The third-order valence-electron chi connectivity index (χ3n) is 3.37. The summed E-state index contributed by atoms with van der Waals surface area (Å²) in [7, 11) is 1.46. The van der Waals surface area contributed by atoms with Crippen LogP contribution in [0.5, 0.6) is 0 Å². The predicted octanol–water partition coefficient (Wildman–Crippen LogP) is 1.43. The molecule has 1 aromatic rings. The van der Waals surface area contributed by atoms with Crippen LogP contribution in [0.1, 0.15) is 18.3 Å². The van der Waals surface area contributed by atoms with Gasteiger partial charge in [0.1, 0.15) is 6.10 Å². The predicted molar refractivity (Wildman–Crippen MR) is 65.3 cm³/mol. The summed E-state index contributed by atoms with van der Waals surface area (Å²) in [5, 5.41) is 0. The molecule has 4 unspecified atom stereocenters. The minimum Gasteiger partial charge on any atom is -0.349 e. The summed E-state index contributed by atoms with van der Waals surface area (Å²) in [5.74, 6) is -0.0857. The van der Waals surface area contributed by atoms with E-state index in [0.29, 0.717) is 13.0 Å². The maximum Gasteiger partial charge on any atom is 0.218 e. The van der Waals surface area contributed by atoms with Crippen LogP contribution in [0, 0.1) is 0 Å². The van der Waals surface area contributed by atoms with Gasteiger partial charge in [-0.15, -0.1) is 0 Å². The number of hydrogen-bond acceptors (Lipinski definition) is 5. The molecule has 0 saturated carbocycles. The van der Waals surface area contributed by atoms with Crippen LogP contribution in [0.15, 0.2) is 30.3 Å². The number of benzene rings is 1. The third-order valence-corrected chi connectivity index (χ3v) is 3.37. The molecule has 0 N–H and O–H groups in total. The molecule has 2 aliphatic heterocycles. The molecule has 0 bridgehead atoms. The molecule has 5 nitrogen and oxygen atoms in total. The lowest BCUT2D eigenvalue weighted by Gasteiger charge is -2.40. The first kappa shape index (κ1) is 12.7. The first-order valence-electron chi connectivity index (χ1n) is 6.31. The minimum absolute atomic E-state index is 0.0857. The molecule has 5 heteroatoms. The number of carbonyl (C=O) groups is 1. The van der Waals surface area contributed by atoms with Gasteiger partial charge in [-0.25, -0.2) is 0 Å². The number of Topliss-reactive ketones (excluding diaryl/α,β-unsaturated/α-hetero) is 1. The van der Waals surface area contributed by atoms with Crippen LogP contribution in [0.3, 0.4) is 0 Å². The molecular formula is C14H16O5. The minimum atomic E-state index is -0.790. The van der Waals surface area contributed by atoms with E-state index in [1.807, 2.05) is 30.3 Å². The van der Waals surface area contributed by atoms with Crippen LogP contribution in [0.25, 0.3) is 0 Å². The Morgan fingerprint density at radius 1 is 1.16 bits per heavy atom. The quantitative estimate of drug-likeness (QED) is 0.809. The Hall–Kier alpha value is -1.27. The van der Waals surface area contributed by atoms with Crippen molar-refractivity contribution in [3.05, 3.63) is 35.9 Å². The number of carbonyl (C=O) groups excluding carboxylic acids is 1. The Balaban J connectivity index is 1.70. The van der Waals surface area contributed by atoms with E-state index in [9.17, 15) is 4.79 Å². The van der Waals surface area contributed by atoms with Crippen LogP contribution in [0.4, 0.5) is 0 Å². The average molecular weight is 264 g/mol. The van der Waals surface area contributed by atoms with Gasteiger partial charge in [-0.05, 0) is 0 Å². The molecule has 2 aliphatic rings. The normalized spacial score (nSPS) is 34.9. The molecule has 0 spiro atoms. The first-order valence-corrected chi connectivity index (χ1v) is 6.31. The number of rotatable bonds is 2. The van der Waals surface area contributed by atoms with Crippen LogP contribution in [-0.4, -0.2) is 38.0 Å². The van der Waals surface area contributed by atoms with E-state index in [1.54, 1.807) is 0 Å². The van der Waals surface area contributed by atoms with E-state index >= 15 is 0 Å². The lowest BCUT2D eigenvalue weighted by Crippen LogP contribution is -2.51. The molecule has 19 heavy (non-hydrogen) atoms. The van der Waals surface area contributed by atoms with Crippen LogP contribution >= 0.6 is 0 Å². The lowest BCUT2D eigenvalue weighted by molar-refractivity contribution is -0.300. The molecule has 2 fully saturated rings. The van der Waals surface area contributed by atoms with Gasteiger partial charge in [0.15, 0.2) is 12.1 Å². The Labute approximate surface area is 111 Å². The molecule has 3 rings (SSSR count). The van der Waals surface area contributed by atoms with E-state index in [2.05, 4.69) is 0 Å². The van der Waals surface area contributed by atoms with Gasteiger partial charge in [0.2, 0.25) is 6.29 Å². The number of hydrogen-bond donors (Lipinski definition) is 0. The van der Waals surface area contributed by atoms with Crippen molar-refractivity contribution in [2.24, 2.45) is 0 Å². The smallest absolute Gasteiger partial charge is 0.218 e. The van der Waals surface area contributed by atoms with Crippen LogP contribution in [-0.2, 0) is 23.7 Å². The number of ketones is 1. The van der Waals surface area contributed by atoms with E-state index in [-0.39, 0.29) is 18.0 Å². The zero-order valence-corrected chi connectivity index (χ0v) is 10.7. The fourth-order valence-electron chi connectivity index (χ4n) is 2.38. The average Bonchev–Trinajstić information content (AvgIpc) is 2.47. The molecule has 2 saturated heterocycles. The van der Waals surface area contributed by atoms with Crippen molar-refractivity contribution in [1.29, 1.82) is 0 Å². The molecule has 0 aromatic heterocycles. The fourth-order valence-corrected chi connectivity index (χ4v) is 2.38. The van der Waals surface area contributed by atoms with Crippen molar-refractivity contribution in [2.75, 3.05) is 13.7 Å². The second-order valence-corrected chi connectivity index (χ2v) is 4.66. The van der Waals surface area contributed by atoms with E-state index < -0.39 is 12.6 Å². The highest BCUT2D eigenvalue weighted by molar-refractivity contribution is 5.83. The summed E-state index contributed by atoms with van der Waals surface area (Å²) in [6.45, 7) is 0.400. The highest BCUT2D eigenvalue weighted by Crippen LogP contribution is 2.32. The molecule has 0 radical (unpaired) electrons. The Kier molecular flexibility index (Phi) is 3.61. The van der Waals surface area contributed by atoms with Crippen molar-refractivity contribution in [1.82, 2.24) is 0 Å². The Bertz CT molecular complexity index is 446. The molecular weight excluding hydrogens is 248 g/mol. The standard InChI is InChI=1S/C14H16O5/c1-16-14-10(15)7-11-12(19-14)8-17-13(18-11)9-5-3-2-4-6-9/h2-6,11-14H,7-8H2,1H3. The third kappa shape index (κ3) is 2.55. The summed E-state index contributed by atoms with van der Waals surface area (Å²) >= 11 is 0. The van der Waals surface area contributed by atoms with E-state index in [4.69, 9.17) is 18.9 Å². The maximum absolute atomic E-state index is 11.8. The van der Waals surface area contributed by atoms with Crippen LogP contribution < -0.4 is 0 Å². The molecule has 1 aromatic carbocycles. The number of fused-ring (bicyclic) bond motifs is 1. The van der Waals surface area contributed by atoms with Gasteiger partial charge in [0.25, 0.3) is 0 Å². The van der Waals surface area contributed by atoms with Gasteiger partial charge in [-0.2, -0.15) is 0 Å². The summed E-state index contributed by atoms with van der Waals surface area (Å²) in [4.78, 5) is 11.8. The molecule has 0 aliphatic carbocycles. The van der Waals surface area contributed by atoms with Crippen molar-refractivity contribution < 1.29 is 23.7 Å². The van der Waals surface area contributed by atoms with Crippen LogP contribution in [0.2, 0.25) is 0 Å². The summed E-state index contributed by atoms with van der Waals surface area (Å²) in [5.41, 5.74) is 0.947. The Morgan fingerprint density at radius 3 is 2.68 bits per heavy atom. The Morgan fingerprint density at radius 2 is 1.95 bits per heavy atom. The SMILES string of the molecule is COC1OC2COC(c3ccccc3)OC2CC1=O. The van der Waals surface area contributed by atoms with Crippen molar-refractivity contribution >= 4 is 5.78 Å². The summed E-state index contributed by atoms with van der Waals surface area (Å²) < 4.78 is 22.0. The zero-order chi connectivity index (χ0) is 13.2. The first-order chi connectivity index (χ1) is 9.28. The lowest BCUT2D eigenvalue weighted by atomic mass is 10.0. The van der Waals surface area contributed by atoms with Crippen molar-refractivity contribution in [3.8, 4) is 0 Å². The summed E-state index contributed by atoms with van der Waals surface area (Å²) in [6, 6.07) is 9.67. The van der Waals surface area contributed by atoms with Gasteiger partial charge < -0.3 is 18.9 Å².